The predicted molar refractivity (Wildman–Crippen MR) is 61.2 cm³/mol. The number of nitrogens with zero attached hydrogens (tertiary/aromatic N) is 3. The summed E-state index contributed by atoms with van der Waals surface area (Å²) in [6.07, 6.45) is 0. The molecule has 1 fully saturated rings. The topological polar surface area (TPSA) is 65.1 Å². The van der Waals surface area contributed by atoms with Gasteiger partial charge in [-0.25, -0.2) is 0 Å². The molecule has 2 unspecified atom stereocenters. The van der Waals surface area contributed by atoms with Crippen LogP contribution in [0.3, 0.4) is 0 Å². The number of hydrogen-bond donors (Lipinski definition) is 2. The third-order valence-corrected chi connectivity index (χ3v) is 3.29. The summed E-state index contributed by atoms with van der Waals surface area (Å²) >= 11 is 0. The first-order valence-corrected chi connectivity index (χ1v) is 5.55. The Hall–Kier alpha value is -0.810. The largest absolute Gasteiger partial charge is 0.409 e. The van der Waals surface area contributed by atoms with Gasteiger partial charge in [-0.15, -0.1) is 0 Å². The van der Waals surface area contributed by atoms with Gasteiger partial charge < -0.3 is 10.9 Å². The van der Waals surface area contributed by atoms with Gasteiger partial charge in [0.2, 0.25) is 0 Å². The number of oxime groups is 1. The van der Waals surface area contributed by atoms with Crippen LogP contribution in [0.25, 0.3) is 0 Å². The van der Waals surface area contributed by atoms with E-state index in [4.69, 9.17) is 10.9 Å². The lowest BCUT2D eigenvalue weighted by Crippen LogP contribution is -2.56. The molecule has 88 valence electrons. The van der Waals surface area contributed by atoms with Crippen LogP contribution < -0.4 is 5.73 Å². The fraction of sp³-hybridized carbons (Fsp3) is 0.900. The summed E-state index contributed by atoms with van der Waals surface area (Å²) in [5, 5.41) is 11.7. The van der Waals surface area contributed by atoms with Crippen molar-refractivity contribution in [2.24, 2.45) is 10.9 Å². The molecule has 0 spiro atoms. The first-order valence-electron chi connectivity index (χ1n) is 5.55. The SMILES string of the molecule is CCN1CCN(C(C)C(N)=NO)CC1C. The fourth-order valence-corrected chi connectivity index (χ4v) is 2.12. The van der Waals surface area contributed by atoms with Crippen LogP contribution in [0.5, 0.6) is 0 Å². The Balaban J connectivity index is 2.54. The Kier molecular flexibility index (Phi) is 4.35. The molecule has 0 aliphatic carbocycles. The highest BCUT2D eigenvalue weighted by Crippen LogP contribution is 2.11. The van der Waals surface area contributed by atoms with E-state index in [9.17, 15) is 0 Å². The lowest BCUT2D eigenvalue weighted by Gasteiger charge is -2.41. The van der Waals surface area contributed by atoms with Crippen molar-refractivity contribution >= 4 is 5.84 Å². The molecule has 0 aromatic heterocycles. The maximum atomic E-state index is 8.63. The highest BCUT2D eigenvalue weighted by Gasteiger charge is 2.26. The lowest BCUT2D eigenvalue weighted by molar-refractivity contribution is 0.0788. The van der Waals surface area contributed by atoms with Gasteiger partial charge in [0, 0.05) is 25.7 Å². The van der Waals surface area contributed by atoms with E-state index >= 15 is 0 Å². The van der Waals surface area contributed by atoms with E-state index in [1.807, 2.05) is 6.92 Å². The van der Waals surface area contributed by atoms with E-state index in [0.717, 1.165) is 26.2 Å². The van der Waals surface area contributed by atoms with Crippen LogP contribution in [-0.2, 0) is 0 Å². The molecule has 0 amide bonds. The molecule has 0 aromatic rings. The Bertz CT molecular complexity index is 231. The lowest BCUT2D eigenvalue weighted by atomic mass is 10.1. The summed E-state index contributed by atoms with van der Waals surface area (Å²) in [6.45, 7) is 10.5. The Morgan fingerprint density at radius 1 is 1.60 bits per heavy atom. The molecular weight excluding hydrogens is 192 g/mol. The quantitative estimate of drug-likeness (QED) is 0.304. The number of piperazine rings is 1. The van der Waals surface area contributed by atoms with Crippen molar-refractivity contribution in [2.75, 3.05) is 26.2 Å². The van der Waals surface area contributed by atoms with Crippen LogP contribution in [0.1, 0.15) is 20.8 Å². The van der Waals surface area contributed by atoms with Crippen molar-refractivity contribution in [3.8, 4) is 0 Å². The number of amidine groups is 1. The standard InChI is InChI=1S/C10H22N4O/c1-4-13-5-6-14(7-8(13)2)9(3)10(11)12-15/h8-9,15H,4-7H2,1-3H3,(H2,11,12). The van der Waals surface area contributed by atoms with Gasteiger partial charge in [-0.1, -0.05) is 12.1 Å². The molecule has 1 aliphatic rings. The van der Waals surface area contributed by atoms with Crippen molar-refractivity contribution < 1.29 is 5.21 Å². The van der Waals surface area contributed by atoms with Gasteiger partial charge >= 0.3 is 0 Å². The van der Waals surface area contributed by atoms with E-state index < -0.39 is 0 Å². The Morgan fingerprint density at radius 2 is 2.27 bits per heavy atom. The molecule has 0 aromatic carbocycles. The van der Waals surface area contributed by atoms with Crippen molar-refractivity contribution in [1.29, 1.82) is 0 Å². The van der Waals surface area contributed by atoms with Crippen molar-refractivity contribution in [1.82, 2.24) is 9.80 Å². The predicted octanol–water partition coefficient (Wildman–Crippen LogP) is 0.147. The van der Waals surface area contributed by atoms with Crippen molar-refractivity contribution in [2.45, 2.75) is 32.9 Å². The fourth-order valence-electron chi connectivity index (χ4n) is 2.12. The van der Waals surface area contributed by atoms with Crippen LogP contribution in [0.15, 0.2) is 5.16 Å². The van der Waals surface area contributed by atoms with Crippen LogP contribution in [-0.4, -0.2) is 59.1 Å². The Morgan fingerprint density at radius 3 is 2.73 bits per heavy atom. The van der Waals surface area contributed by atoms with Crippen LogP contribution >= 0.6 is 0 Å². The molecule has 1 rings (SSSR count). The monoisotopic (exact) mass is 214 g/mol. The van der Waals surface area contributed by atoms with Gasteiger partial charge in [0.15, 0.2) is 5.84 Å². The molecule has 15 heavy (non-hydrogen) atoms. The maximum Gasteiger partial charge on any atom is 0.156 e. The van der Waals surface area contributed by atoms with Gasteiger partial charge in [0.25, 0.3) is 0 Å². The normalized spacial score (nSPS) is 27.9. The maximum absolute atomic E-state index is 8.63. The van der Waals surface area contributed by atoms with Crippen molar-refractivity contribution in [3.63, 3.8) is 0 Å². The third-order valence-electron chi connectivity index (χ3n) is 3.29. The zero-order chi connectivity index (χ0) is 11.4. The van der Waals surface area contributed by atoms with Gasteiger partial charge in [-0.3, -0.25) is 9.80 Å². The molecule has 5 heteroatoms. The zero-order valence-electron chi connectivity index (χ0n) is 9.85. The third kappa shape index (κ3) is 2.82. The highest BCUT2D eigenvalue weighted by molar-refractivity contribution is 5.84. The number of likely N-dealkylation sites (N-methyl/N-ethyl adjacent to an activating group) is 1. The number of hydrogen-bond acceptors (Lipinski definition) is 4. The second-order valence-electron chi connectivity index (χ2n) is 4.17. The summed E-state index contributed by atoms with van der Waals surface area (Å²) < 4.78 is 0. The second kappa shape index (κ2) is 5.32. The van der Waals surface area contributed by atoms with Gasteiger partial charge in [0.05, 0.1) is 6.04 Å². The van der Waals surface area contributed by atoms with E-state index in [0.29, 0.717) is 11.9 Å². The summed E-state index contributed by atoms with van der Waals surface area (Å²) in [5.41, 5.74) is 5.60. The average Bonchev–Trinajstić information content (AvgIpc) is 2.26. The van der Waals surface area contributed by atoms with E-state index in [-0.39, 0.29) is 6.04 Å². The minimum Gasteiger partial charge on any atom is -0.409 e. The molecule has 0 bridgehead atoms. The van der Waals surface area contributed by atoms with Crippen LogP contribution in [0, 0.1) is 0 Å². The number of nitrogens with two attached hydrogens (primary N) is 1. The van der Waals surface area contributed by atoms with E-state index in [2.05, 4.69) is 28.8 Å². The molecule has 1 aliphatic heterocycles. The summed E-state index contributed by atoms with van der Waals surface area (Å²) in [7, 11) is 0. The highest BCUT2D eigenvalue weighted by atomic mass is 16.4. The summed E-state index contributed by atoms with van der Waals surface area (Å²) in [4.78, 5) is 4.70. The molecule has 1 saturated heterocycles. The molecule has 2 atom stereocenters. The van der Waals surface area contributed by atoms with Gasteiger partial charge in [-0.2, -0.15) is 0 Å². The minimum absolute atomic E-state index is 0.0245. The molecule has 0 radical (unpaired) electrons. The smallest absolute Gasteiger partial charge is 0.156 e. The number of rotatable bonds is 3. The molecule has 5 nitrogen and oxygen atoms in total. The Labute approximate surface area is 91.5 Å². The van der Waals surface area contributed by atoms with Crippen LogP contribution in [0.4, 0.5) is 0 Å². The molecule has 1 heterocycles. The van der Waals surface area contributed by atoms with Gasteiger partial charge in [0.1, 0.15) is 0 Å². The average molecular weight is 214 g/mol. The first-order chi connectivity index (χ1) is 7.10. The van der Waals surface area contributed by atoms with E-state index in [1.165, 1.54) is 0 Å². The first kappa shape index (κ1) is 12.3. The summed E-state index contributed by atoms with van der Waals surface area (Å²) in [6, 6.07) is 0.564. The minimum atomic E-state index is 0.0245. The van der Waals surface area contributed by atoms with E-state index in [1.54, 1.807) is 0 Å². The molecule has 3 N–H and O–H groups in total. The second-order valence-corrected chi connectivity index (χ2v) is 4.17. The molecular formula is C10H22N4O. The summed E-state index contributed by atoms with van der Waals surface area (Å²) in [5.74, 6) is 0.298. The van der Waals surface area contributed by atoms with Crippen LogP contribution in [0.2, 0.25) is 0 Å². The zero-order valence-corrected chi connectivity index (χ0v) is 9.85. The van der Waals surface area contributed by atoms with Gasteiger partial charge in [-0.05, 0) is 20.4 Å². The van der Waals surface area contributed by atoms with Crippen molar-refractivity contribution in [3.05, 3.63) is 0 Å². The molecule has 0 saturated carbocycles.